The summed E-state index contributed by atoms with van der Waals surface area (Å²) >= 11 is 1.82. The maximum Gasteiger partial charge on any atom is 0.123 e. The van der Waals surface area contributed by atoms with Gasteiger partial charge >= 0.3 is 0 Å². The minimum Gasteiger partial charge on any atom is -0.387 e. The maximum absolute atomic E-state index is 13.1. The second-order valence-electron chi connectivity index (χ2n) is 5.37. The van der Waals surface area contributed by atoms with Crippen LogP contribution in [0.3, 0.4) is 0 Å². The molecule has 0 fully saturated rings. The Morgan fingerprint density at radius 3 is 3.05 bits per heavy atom. The fraction of sp³-hybridized carbons (Fsp3) is 0.375. The van der Waals surface area contributed by atoms with Gasteiger partial charge in [0.25, 0.3) is 0 Å². The van der Waals surface area contributed by atoms with Gasteiger partial charge in [0.1, 0.15) is 5.82 Å². The zero-order valence-electron chi connectivity index (χ0n) is 11.5. The number of hydrogen-bond acceptors (Lipinski definition) is 3. The highest BCUT2D eigenvalue weighted by Crippen LogP contribution is 2.26. The molecule has 1 atom stereocenters. The van der Waals surface area contributed by atoms with Gasteiger partial charge in [0.2, 0.25) is 0 Å². The van der Waals surface area contributed by atoms with Gasteiger partial charge in [0.15, 0.2) is 0 Å². The van der Waals surface area contributed by atoms with Crippen molar-refractivity contribution in [2.75, 3.05) is 13.1 Å². The van der Waals surface area contributed by atoms with Crippen molar-refractivity contribution >= 4 is 11.3 Å². The van der Waals surface area contributed by atoms with Crippen LogP contribution in [0.1, 0.15) is 27.7 Å². The molecule has 2 heterocycles. The van der Waals surface area contributed by atoms with Crippen LogP contribution < -0.4 is 0 Å². The summed E-state index contributed by atoms with van der Waals surface area (Å²) in [5.41, 5.74) is 3.01. The molecule has 1 aromatic carbocycles. The molecule has 1 aromatic heterocycles. The van der Waals surface area contributed by atoms with E-state index >= 15 is 0 Å². The molecule has 2 aromatic rings. The Labute approximate surface area is 122 Å². The zero-order valence-corrected chi connectivity index (χ0v) is 12.3. The van der Waals surface area contributed by atoms with Crippen LogP contribution in [0.15, 0.2) is 29.6 Å². The number of halogens is 1. The topological polar surface area (TPSA) is 23.5 Å². The van der Waals surface area contributed by atoms with Crippen LogP contribution in [0.5, 0.6) is 0 Å². The smallest absolute Gasteiger partial charge is 0.123 e. The first-order chi connectivity index (χ1) is 9.63. The molecule has 1 aliphatic rings. The number of thiophene rings is 1. The highest BCUT2D eigenvalue weighted by molar-refractivity contribution is 7.10. The molecule has 1 N–H and O–H groups in total. The highest BCUT2D eigenvalue weighted by Gasteiger charge is 2.21. The normalized spacial score (nSPS) is 16.9. The van der Waals surface area contributed by atoms with E-state index in [9.17, 15) is 9.50 Å². The van der Waals surface area contributed by atoms with Crippen LogP contribution in [0.4, 0.5) is 4.39 Å². The monoisotopic (exact) mass is 291 g/mol. The van der Waals surface area contributed by atoms with Crippen molar-refractivity contribution < 1.29 is 9.50 Å². The van der Waals surface area contributed by atoms with E-state index in [4.69, 9.17) is 0 Å². The van der Waals surface area contributed by atoms with Crippen molar-refractivity contribution in [2.24, 2.45) is 0 Å². The van der Waals surface area contributed by atoms with Crippen LogP contribution in [-0.2, 0) is 13.0 Å². The minimum absolute atomic E-state index is 0.251. The fourth-order valence-electron chi connectivity index (χ4n) is 2.82. The van der Waals surface area contributed by atoms with Gasteiger partial charge in [-0.1, -0.05) is 6.07 Å². The number of nitrogens with zero attached hydrogens (tertiary/aromatic N) is 1. The first-order valence-electron chi connectivity index (χ1n) is 6.85. The lowest BCUT2D eigenvalue weighted by Crippen LogP contribution is -2.33. The van der Waals surface area contributed by atoms with E-state index in [0.717, 1.165) is 30.6 Å². The molecule has 0 aliphatic carbocycles. The van der Waals surface area contributed by atoms with E-state index < -0.39 is 6.10 Å². The van der Waals surface area contributed by atoms with Gasteiger partial charge in [-0.25, -0.2) is 4.39 Å². The average molecular weight is 291 g/mol. The van der Waals surface area contributed by atoms with Crippen LogP contribution >= 0.6 is 11.3 Å². The van der Waals surface area contributed by atoms with Crippen molar-refractivity contribution in [3.63, 3.8) is 0 Å². The van der Waals surface area contributed by atoms with E-state index in [2.05, 4.69) is 16.3 Å². The summed E-state index contributed by atoms with van der Waals surface area (Å²) < 4.78 is 13.1. The Morgan fingerprint density at radius 2 is 2.25 bits per heavy atom. The molecule has 4 heteroatoms. The Balaban J connectivity index is 1.69. The molecular formula is C16H18FNOS. The van der Waals surface area contributed by atoms with Crippen LogP contribution in [0.25, 0.3) is 0 Å². The van der Waals surface area contributed by atoms with Gasteiger partial charge in [-0.2, -0.15) is 0 Å². The predicted molar refractivity (Wildman–Crippen MR) is 79.4 cm³/mol. The van der Waals surface area contributed by atoms with Crippen molar-refractivity contribution in [1.82, 2.24) is 4.90 Å². The van der Waals surface area contributed by atoms with Crippen molar-refractivity contribution in [3.05, 3.63) is 57.0 Å². The van der Waals surface area contributed by atoms with Crippen molar-refractivity contribution in [1.29, 1.82) is 0 Å². The highest BCUT2D eigenvalue weighted by atomic mass is 32.1. The van der Waals surface area contributed by atoms with Gasteiger partial charge in [-0.3, -0.25) is 4.90 Å². The maximum atomic E-state index is 13.1. The zero-order chi connectivity index (χ0) is 14.1. The standard InChI is InChI=1S/C16H18FNOS/c1-11-8-13(17)2-3-14(11)15(19)10-18-6-4-16-12(9-18)5-7-20-16/h2-3,5,7-8,15,19H,4,6,9-10H2,1H3. The van der Waals surface area contributed by atoms with Gasteiger partial charge in [0, 0.05) is 24.5 Å². The molecule has 106 valence electrons. The Bertz CT molecular complexity index is 610. The third-order valence-corrected chi connectivity index (χ3v) is 4.93. The van der Waals surface area contributed by atoms with E-state index in [1.54, 1.807) is 6.07 Å². The number of benzene rings is 1. The number of aliphatic hydroxyl groups is 1. The third kappa shape index (κ3) is 2.77. The molecule has 1 unspecified atom stereocenters. The third-order valence-electron chi connectivity index (χ3n) is 3.91. The number of aryl methyl sites for hydroxylation is 1. The van der Waals surface area contributed by atoms with E-state index in [1.165, 1.54) is 22.6 Å². The largest absolute Gasteiger partial charge is 0.387 e. The first-order valence-corrected chi connectivity index (χ1v) is 7.73. The average Bonchev–Trinajstić information content (AvgIpc) is 2.85. The van der Waals surface area contributed by atoms with Crippen molar-refractivity contribution in [2.45, 2.75) is 26.0 Å². The molecule has 20 heavy (non-hydrogen) atoms. The molecule has 0 radical (unpaired) electrons. The van der Waals surface area contributed by atoms with Gasteiger partial charge in [0.05, 0.1) is 6.10 Å². The number of β-amino-alcohol motifs (C(OH)–C–C–N with tert-alkyl or cyclic N) is 1. The lowest BCUT2D eigenvalue weighted by Gasteiger charge is -2.29. The van der Waals surface area contributed by atoms with E-state index in [1.807, 2.05) is 18.3 Å². The number of rotatable bonds is 3. The second-order valence-corrected chi connectivity index (χ2v) is 6.37. The van der Waals surface area contributed by atoms with Gasteiger partial charge in [-0.05, 0) is 53.6 Å². The molecule has 0 bridgehead atoms. The number of fused-ring (bicyclic) bond motifs is 1. The summed E-state index contributed by atoms with van der Waals surface area (Å²) in [5.74, 6) is -0.251. The number of aliphatic hydroxyl groups excluding tert-OH is 1. The molecule has 1 aliphatic heterocycles. The quantitative estimate of drug-likeness (QED) is 0.938. The molecule has 3 rings (SSSR count). The van der Waals surface area contributed by atoms with Crippen LogP contribution in [0.2, 0.25) is 0 Å². The van der Waals surface area contributed by atoms with E-state index in [0.29, 0.717) is 6.54 Å². The second kappa shape index (κ2) is 5.64. The molecule has 0 spiro atoms. The molecule has 0 saturated carbocycles. The molecule has 0 saturated heterocycles. The summed E-state index contributed by atoms with van der Waals surface area (Å²) in [5, 5.41) is 12.5. The summed E-state index contributed by atoms with van der Waals surface area (Å²) in [6.07, 6.45) is 0.498. The van der Waals surface area contributed by atoms with Crippen LogP contribution in [0, 0.1) is 12.7 Å². The predicted octanol–water partition coefficient (Wildman–Crippen LogP) is 3.29. The number of hydrogen-bond donors (Lipinski definition) is 1. The SMILES string of the molecule is Cc1cc(F)ccc1C(O)CN1CCc2sccc2C1. The summed E-state index contributed by atoms with van der Waals surface area (Å²) in [6.45, 7) is 4.32. The summed E-state index contributed by atoms with van der Waals surface area (Å²) in [6, 6.07) is 6.75. The lowest BCUT2D eigenvalue weighted by atomic mass is 10.0. The van der Waals surface area contributed by atoms with E-state index in [-0.39, 0.29) is 5.82 Å². The Morgan fingerprint density at radius 1 is 1.40 bits per heavy atom. The minimum atomic E-state index is -0.559. The van der Waals surface area contributed by atoms with Gasteiger partial charge in [-0.15, -0.1) is 11.3 Å². The molecule has 2 nitrogen and oxygen atoms in total. The Hall–Kier alpha value is -1.23. The van der Waals surface area contributed by atoms with Crippen LogP contribution in [-0.4, -0.2) is 23.1 Å². The summed E-state index contributed by atoms with van der Waals surface area (Å²) in [7, 11) is 0. The first kappa shape index (κ1) is 13.7. The fourth-order valence-corrected chi connectivity index (χ4v) is 3.71. The summed E-state index contributed by atoms with van der Waals surface area (Å²) in [4.78, 5) is 3.73. The van der Waals surface area contributed by atoms with Crippen molar-refractivity contribution in [3.8, 4) is 0 Å². The molecule has 0 amide bonds. The van der Waals surface area contributed by atoms with Gasteiger partial charge < -0.3 is 5.11 Å². The Kier molecular flexibility index (Phi) is 3.87. The lowest BCUT2D eigenvalue weighted by molar-refractivity contribution is 0.106. The molecular weight excluding hydrogens is 273 g/mol.